The molecule has 200 valence electrons. The van der Waals surface area contributed by atoms with Crippen LogP contribution in [0.15, 0.2) is 59.6 Å². The summed E-state index contributed by atoms with van der Waals surface area (Å²) >= 11 is 6.98. The van der Waals surface area contributed by atoms with Crippen molar-refractivity contribution in [3.05, 3.63) is 70.8 Å². The maximum atomic E-state index is 13.3. The van der Waals surface area contributed by atoms with Crippen LogP contribution in [0.4, 0.5) is 0 Å². The molecule has 38 heavy (non-hydrogen) atoms. The molecule has 0 aliphatic carbocycles. The number of thiocarbonyl (C=S) groups is 1. The summed E-state index contributed by atoms with van der Waals surface area (Å²) in [5, 5.41) is 4.94. The van der Waals surface area contributed by atoms with E-state index in [1.807, 2.05) is 80.2 Å². The second-order valence-electron chi connectivity index (χ2n) is 9.96. The van der Waals surface area contributed by atoms with Crippen LogP contribution < -0.4 is 4.74 Å². The van der Waals surface area contributed by atoms with Crippen LogP contribution in [-0.4, -0.2) is 37.6 Å². The van der Waals surface area contributed by atoms with Crippen LogP contribution in [0.2, 0.25) is 0 Å². The molecule has 1 saturated heterocycles. The number of rotatable bonds is 12. The van der Waals surface area contributed by atoms with E-state index in [-0.39, 0.29) is 12.0 Å². The van der Waals surface area contributed by atoms with Crippen molar-refractivity contribution in [2.24, 2.45) is 0 Å². The first kappa shape index (κ1) is 28.1. The van der Waals surface area contributed by atoms with Gasteiger partial charge in [-0.15, -0.1) is 0 Å². The molecular formula is C31H37N3O2S2. The molecule has 0 bridgehead atoms. The molecule has 0 atom stereocenters. The van der Waals surface area contributed by atoms with Crippen molar-refractivity contribution in [3.63, 3.8) is 0 Å². The number of hydrogen-bond acceptors (Lipinski definition) is 5. The number of carbonyl (C=O) groups is 1. The van der Waals surface area contributed by atoms with Gasteiger partial charge >= 0.3 is 0 Å². The average molecular weight is 548 g/mol. The molecule has 0 unspecified atom stereocenters. The Morgan fingerprint density at radius 2 is 1.79 bits per heavy atom. The van der Waals surface area contributed by atoms with Crippen LogP contribution >= 0.6 is 24.0 Å². The SMILES string of the molecule is CCCCCCCCN1C(=O)/C(=C/c2cn(-c3ccccc3)nc2-c2ccc(OC(C)C)c(C)c2)SC1=S. The zero-order valence-electron chi connectivity index (χ0n) is 22.8. The number of thioether (sulfide) groups is 1. The van der Waals surface area contributed by atoms with Gasteiger partial charge in [0.05, 0.1) is 16.7 Å². The van der Waals surface area contributed by atoms with Gasteiger partial charge in [0.15, 0.2) is 0 Å². The van der Waals surface area contributed by atoms with E-state index in [1.165, 1.54) is 37.4 Å². The lowest BCUT2D eigenvalue weighted by molar-refractivity contribution is -0.122. The molecule has 1 aliphatic rings. The monoisotopic (exact) mass is 547 g/mol. The minimum absolute atomic E-state index is 0.0103. The lowest BCUT2D eigenvalue weighted by atomic mass is 10.0. The van der Waals surface area contributed by atoms with Gasteiger partial charge in [-0.1, -0.05) is 81.2 Å². The van der Waals surface area contributed by atoms with Gasteiger partial charge in [-0.3, -0.25) is 9.69 Å². The number of hydrogen-bond donors (Lipinski definition) is 0. The fraction of sp³-hybridized carbons (Fsp3) is 0.387. The van der Waals surface area contributed by atoms with Gasteiger partial charge in [0.1, 0.15) is 15.8 Å². The molecule has 7 heteroatoms. The number of para-hydroxylation sites is 1. The van der Waals surface area contributed by atoms with Gasteiger partial charge in [0.25, 0.3) is 5.91 Å². The van der Waals surface area contributed by atoms with Gasteiger partial charge in [0.2, 0.25) is 0 Å². The third kappa shape index (κ3) is 6.94. The Bertz CT molecular complexity index is 1300. The van der Waals surface area contributed by atoms with Gasteiger partial charge in [-0.05, 0) is 69.2 Å². The van der Waals surface area contributed by atoms with Crippen molar-refractivity contribution >= 4 is 40.3 Å². The zero-order valence-corrected chi connectivity index (χ0v) is 24.4. The number of nitrogens with zero attached hydrogens (tertiary/aromatic N) is 3. The minimum atomic E-state index is -0.0103. The van der Waals surface area contributed by atoms with Crippen molar-refractivity contribution in [3.8, 4) is 22.7 Å². The maximum Gasteiger partial charge on any atom is 0.266 e. The van der Waals surface area contributed by atoms with Crippen molar-refractivity contribution in [1.29, 1.82) is 0 Å². The zero-order chi connectivity index (χ0) is 27.1. The highest BCUT2D eigenvalue weighted by molar-refractivity contribution is 8.26. The molecule has 0 N–H and O–H groups in total. The van der Waals surface area contributed by atoms with E-state index in [0.717, 1.165) is 46.7 Å². The van der Waals surface area contributed by atoms with Crippen LogP contribution in [0.5, 0.6) is 5.75 Å². The number of aromatic nitrogens is 2. The number of unbranched alkanes of at least 4 members (excludes halogenated alkanes) is 5. The lowest BCUT2D eigenvalue weighted by Gasteiger charge is -2.14. The van der Waals surface area contributed by atoms with E-state index in [1.54, 1.807) is 4.90 Å². The van der Waals surface area contributed by atoms with E-state index in [0.29, 0.717) is 15.8 Å². The normalized spacial score (nSPS) is 14.8. The molecule has 5 nitrogen and oxygen atoms in total. The van der Waals surface area contributed by atoms with Gasteiger partial charge in [-0.25, -0.2) is 4.68 Å². The van der Waals surface area contributed by atoms with E-state index in [4.69, 9.17) is 22.1 Å². The number of benzene rings is 2. The molecule has 1 fully saturated rings. The first-order valence-electron chi connectivity index (χ1n) is 13.6. The topological polar surface area (TPSA) is 47.4 Å². The van der Waals surface area contributed by atoms with Crippen LogP contribution in [0, 0.1) is 6.92 Å². The molecule has 4 rings (SSSR count). The van der Waals surface area contributed by atoms with E-state index >= 15 is 0 Å². The van der Waals surface area contributed by atoms with Crippen molar-refractivity contribution in [2.45, 2.75) is 72.3 Å². The molecular weight excluding hydrogens is 510 g/mol. The Morgan fingerprint density at radius 3 is 2.50 bits per heavy atom. The Balaban J connectivity index is 1.61. The van der Waals surface area contributed by atoms with Crippen LogP contribution in [0.1, 0.15) is 70.4 Å². The largest absolute Gasteiger partial charge is 0.491 e. The third-order valence-electron chi connectivity index (χ3n) is 6.47. The Labute approximate surface area is 236 Å². The van der Waals surface area contributed by atoms with Gasteiger partial charge in [0, 0.05) is 23.9 Å². The summed E-state index contributed by atoms with van der Waals surface area (Å²) in [6.45, 7) is 8.99. The summed E-state index contributed by atoms with van der Waals surface area (Å²) in [5.74, 6) is 0.854. The Kier molecular flexibility index (Phi) is 9.80. The number of amides is 1. The first-order valence-corrected chi connectivity index (χ1v) is 14.8. The summed E-state index contributed by atoms with van der Waals surface area (Å²) in [5.41, 5.74) is 4.67. The fourth-order valence-corrected chi connectivity index (χ4v) is 5.80. The first-order chi connectivity index (χ1) is 18.4. The lowest BCUT2D eigenvalue weighted by Crippen LogP contribution is -2.29. The molecule has 2 heterocycles. The predicted molar refractivity (Wildman–Crippen MR) is 163 cm³/mol. The molecule has 3 aromatic rings. The highest BCUT2D eigenvalue weighted by atomic mass is 32.2. The Hall–Kier alpha value is -2.90. The van der Waals surface area contributed by atoms with Crippen molar-refractivity contribution < 1.29 is 9.53 Å². The van der Waals surface area contributed by atoms with Crippen LogP contribution in [0.3, 0.4) is 0 Å². The minimum Gasteiger partial charge on any atom is -0.491 e. The highest BCUT2D eigenvalue weighted by Crippen LogP contribution is 2.36. The standard InChI is InChI=1S/C31H37N3O2S2/c1-5-6-7-8-9-13-18-33-30(35)28(38-31(33)37)20-25-21-34(26-14-11-10-12-15-26)32-29(25)24-16-17-27(23(4)19-24)36-22(2)3/h10-12,14-17,19-22H,5-9,13,18H2,1-4H3/b28-20-. The molecule has 1 aromatic heterocycles. The number of ether oxygens (including phenoxy) is 1. The molecule has 2 aromatic carbocycles. The third-order valence-corrected chi connectivity index (χ3v) is 7.85. The molecule has 0 saturated carbocycles. The van der Waals surface area contributed by atoms with Crippen LogP contribution in [-0.2, 0) is 4.79 Å². The molecule has 1 aliphatic heterocycles. The summed E-state index contributed by atoms with van der Waals surface area (Å²) < 4.78 is 8.44. The van der Waals surface area contributed by atoms with Crippen molar-refractivity contribution in [1.82, 2.24) is 14.7 Å². The van der Waals surface area contributed by atoms with Gasteiger partial charge < -0.3 is 4.74 Å². The quantitative estimate of drug-likeness (QED) is 0.130. The van der Waals surface area contributed by atoms with Gasteiger partial charge in [-0.2, -0.15) is 5.10 Å². The predicted octanol–water partition coefficient (Wildman–Crippen LogP) is 8.20. The second-order valence-corrected chi connectivity index (χ2v) is 11.6. The highest BCUT2D eigenvalue weighted by Gasteiger charge is 2.32. The summed E-state index contributed by atoms with van der Waals surface area (Å²) in [6.07, 6.45) is 11.1. The molecule has 0 spiro atoms. The number of carbonyl (C=O) groups excluding carboxylic acids is 1. The number of aryl methyl sites for hydroxylation is 1. The second kappa shape index (κ2) is 13.3. The molecule has 0 radical (unpaired) electrons. The maximum absolute atomic E-state index is 13.3. The van der Waals surface area contributed by atoms with E-state index < -0.39 is 0 Å². The summed E-state index contributed by atoms with van der Waals surface area (Å²) in [4.78, 5) is 15.7. The fourth-order valence-electron chi connectivity index (χ4n) is 4.50. The summed E-state index contributed by atoms with van der Waals surface area (Å²) in [6, 6.07) is 16.1. The Morgan fingerprint density at radius 1 is 1.05 bits per heavy atom. The van der Waals surface area contributed by atoms with E-state index in [2.05, 4.69) is 13.0 Å². The van der Waals surface area contributed by atoms with Crippen LogP contribution in [0.25, 0.3) is 23.0 Å². The molecule has 1 amide bonds. The van der Waals surface area contributed by atoms with Crippen molar-refractivity contribution in [2.75, 3.05) is 6.54 Å². The smallest absolute Gasteiger partial charge is 0.266 e. The summed E-state index contributed by atoms with van der Waals surface area (Å²) in [7, 11) is 0. The average Bonchev–Trinajstić information content (AvgIpc) is 3.43. The van der Waals surface area contributed by atoms with E-state index in [9.17, 15) is 4.79 Å².